The average molecular weight is 228 g/mol. The summed E-state index contributed by atoms with van der Waals surface area (Å²) in [6.07, 6.45) is 0. The van der Waals surface area contributed by atoms with Gasteiger partial charge in [-0.05, 0) is 19.1 Å². The normalized spacial score (nSPS) is 9.88. The third-order valence-electron chi connectivity index (χ3n) is 1.83. The number of carbonyl (C=O) groups excluding carboxylic acids is 1. The average Bonchev–Trinajstić information content (AvgIpc) is 2.17. The van der Waals surface area contributed by atoms with Gasteiger partial charge in [0.2, 0.25) is 5.82 Å². The quantitative estimate of drug-likeness (QED) is 0.366. The van der Waals surface area contributed by atoms with E-state index in [0.717, 1.165) is 12.1 Å². The molecule has 86 valence electrons. The van der Waals surface area contributed by atoms with Gasteiger partial charge in [0.1, 0.15) is 11.3 Å². The van der Waals surface area contributed by atoms with Gasteiger partial charge in [0.05, 0.1) is 11.5 Å². The van der Waals surface area contributed by atoms with E-state index in [0.29, 0.717) is 0 Å². The molecule has 0 fully saturated rings. The first kappa shape index (κ1) is 11.9. The van der Waals surface area contributed by atoms with Crippen molar-refractivity contribution in [3.05, 3.63) is 33.6 Å². The fourth-order valence-corrected chi connectivity index (χ4v) is 1.13. The summed E-state index contributed by atoms with van der Waals surface area (Å²) >= 11 is 0. The SMILES string of the molecule is CCOC(=O)c1ccc(N)c([N+](=O)[O-])c1F. The number of hydrogen-bond acceptors (Lipinski definition) is 5. The highest BCUT2D eigenvalue weighted by molar-refractivity contribution is 5.91. The molecule has 0 spiro atoms. The minimum absolute atomic E-state index is 0.0520. The first-order chi connectivity index (χ1) is 7.49. The number of ether oxygens (including phenoxy) is 1. The highest BCUT2D eigenvalue weighted by atomic mass is 19.1. The van der Waals surface area contributed by atoms with E-state index in [1.54, 1.807) is 6.92 Å². The van der Waals surface area contributed by atoms with Gasteiger partial charge in [-0.1, -0.05) is 0 Å². The van der Waals surface area contributed by atoms with E-state index in [9.17, 15) is 19.3 Å². The highest BCUT2D eigenvalue weighted by Crippen LogP contribution is 2.27. The van der Waals surface area contributed by atoms with Crippen molar-refractivity contribution < 1.29 is 18.8 Å². The number of benzene rings is 1. The Morgan fingerprint density at radius 3 is 2.75 bits per heavy atom. The summed E-state index contributed by atoms with van der Waals surface area (Å²) in [7, 11) is 0. The molecule has 0 aliphatic rings. The van der Waals surface area contributed by atoms with E-state index < -0.39 is 28.0 Å². The number of hydrogen-bond donors (Lipinski definition) is 1. The van der Waals surface area contributed by atoms with Crippen LogP contribution in [-0.2, 0) is 4.74 Å². The Morgan fingerprint density at radius 2 is 2.25 bits per heavy atom. The number of rotatable bonds is 3. The molecule has 0 unspecified atom stereocenters. The van der Waals surface area contributed by atoms with Crippen LogP contribution in [0, 0.1) is 15.9 Å². The lowest BCUT2D eigenvalue weighted by molar-refractivity contribution is -0.386. The van der Waals surface area contributed by atoms with E-state index in [4.69, 9.17) is 5.73 Å². The van der Waals surface area contributed by atoms with Gasteiger partial charge in [-0.25, -0.2) is 4.79 Å². The molecule has 0 radical (unpaired) electrons. The van der Waals surface area contributed by atoms with E-state index in [1.807, 2.05) is 0 Å². The second kappa shape index (κ2) is 4.56. The smallest absolute Gasteiger partial charge is 0.341 e. The van der Waals surface area contributed by atoms with Crippen molar-refractivity contribution in [2.45, 2.75) is 6.92 Å². The summed E-state index contributed by atoms with van der Waals surface area (Å²) in [6, 6.07) is 2.14. The molecule has 0 amide bonds. The number of nitro groups is 1. The monoisotopic (exact) mass is 228 g/mol. The Bertz CT molecular complexity index is 447. The molecule has 1 aromatic carbocycles. The van der Waals surface area contributed by atoms with E-state index >= 15 is 0 Å². The van der Waals surface area contributed by atoms with Crippen molar-refractivity contribution in [3.63, 3.8) is 0 Å². The van der Waals surface area contributed by atoms with Crippen molar-refractivity contribution in [1.29, 1.82) is 0 Å². The molecule has 1 aromatic rings. The summed E-state index contributed by atoms with van der Waals surface area (Å²) < 4.78 is 18.1. The maximum absolute atomic E-state index is 13.5. The molecule has 2 N–H and O–H groups in total. The van der Waals surface area contributed by atoms with Crippen LogP contribution in [0.5, 0.6) is 0 Å². The maximum atomic E-state index is 13.5. The van der Waals surface area contributed by atoms with Gasteiger partial charge in [-0.2, -0.15) is 4.39 Å². The zero-order valence-electron chi connectivity index (χ0n) is 8.40. The van der Waals surface area contributed by atoms with Crippen LogP contribution in [-0.4, -0.2) is 17.5 Å². The molecule has 0 saturated carbocycles. The zero-order chi connectivity index (χ0) is 12.3. The lowest BCUT2D eigenvalue weighted by Crippen LogP contribution is -2.10. The van der Waals surface area contributed by atoms with Crippen LogP contribution < -0.4 is 5.73 Å². The van der Waals surface area contributed by atoms with Gasteiger partial charge in [0.25, 0.3) is 0 Å². The van der Waals surface area contributed by atoms with Crippen LogP contribution in [0.1, 0.15) is 17.3 Å². The van der Waals surface area contributed by atoms with Crippen LogP contribution in [0.15, 0.2) is 12.1 Å². The molecule has 0 aliphatic heterocycles. The Morgan fingerprint density at radius 1 is 1.62 bits per heavy atom. The second-order valence-electron chi connectivity index (χ2n) is 2.84. The number of nitrogens with zero attached hydrogens (tertiary/aromatic N) is 1. The molecule has 7 heteroatoms. The van der Waals surface area contributed by atoms with Gasteiger partial charge in [0.15, 0.2) is 0 Å². The first-order valence-electron chi connectivity index (χ1n) is 4.38. The van der Waals surface area contributed by atoms with Crippen LogP contribution in [0.3, 0.4) is 0 Å². The van der Waals surface area contributed by atoms with E-state index in [2.05, 4.69) is 4.74 Å². The summed E-state index contributed by atoms with van der Waals surface area (Å²) in [4.78, 5) is 20.8. The number of anilines is 1. The van der Waals surface area contributed by atoms with Gasteiger partial charge in [0, 0.05) is 0 Å². The van der Waals surface area contributed by atoms with Crippen molar-refractivity contribution in [2.75, 3.05) is 12.3 Å². The molecule has 6 nitrogen and oxygen atoms in total. The van der Waals surface area contributed by atoms with Crippen molar-refractivity contribution in [3.8, 4) is 0 Å². The lowest BCUT2D eigenvalue weighted by Gasteiger charge is -2.04. The Balaban J connectivity index is 3.29. The number of halogens is 1. The second-order valence-corrected chi connectivity index (χ2v) is 2.84. The number of carbonyl (C=O) groups is 1. The molecule has 0 aliphatic carbocycles. The first-order valence-corrected chi connectivity index (χ1v) is 4.38. The summed E-state index contributed by atoms with van der Waals surface area (Å²) in [5.74, 6) is -2.23. The molecular formula is C9H9FN2O4. The largest absolute Gasteiger partial charge is 0.462 e. The summed E-state index contributed by atoms with van der Waals surface area (Å²) in [5.41, 5.74) is 3.49. The highest BCUT2D eigenvalue weighted by Gasteiger charge is 2.25. The van der Waals surface area contributed by atoms with Crippen molar-refractivity contribution in [1.82, 2.24) is 0 Å². The van der Waals surface area contributed by atoms with E-state index in [1.165, 1.54) is 0 Å². The number of nitro benzene ring substituents is 1. The minimum atomic E-state index is -1.27. The number of esters is 1. The van der Waals surface area contributed by atoms with Gasteiger partial charge in [-0.3, -0.25) is 10.1 Å². The third-order valence-corrected chi connectivity index (χ3v) is 1.83. The van der Waals surface area contributed by atoms with Gasteiger partial charge in [-0.15, -0.1) is 0 Å². The fraction of sp³-hybridized carbons (Fsp3) is 0.222. The molecule has 0 saturated heterocycles. The van der Waals surface area contributed by atoms with Crippen LogP contribution in [0.25, 0.3) is 0 Å². The third kappa shape index (κ3) is 2.08. The summed E-state index contributed by atoms with van der Waals surface area (Å²) in [5, 5.41) is 10.5. The Labute approximate surface area is 90.0 Å². The van der Waals surface area contributed by atoms with Crippen molar-refractivity contribution in [2.24, 2.45) is 0 Å². The minimum Gasteiger partial charge on any atom is -0.462 e. The fourth-order valence-electron chi connectivity index (χ4n) is 1.13. The molecular weight excluding hydrogens is 219 g/mol. The molecule has 16 heavy (non-hydrogen) atoms. The number of nitrogen functional groups attached to an aromatic ring is 1. The van der Waals surface area contributed by atoms with Crippen LogP contribution >= 0.6 is 0 Å². The summed E-state index contributed by atoms with van der Waals surface area (Å²) in [6.45, 7) is 1.60. The van der Waals surface area contributed by atoms with Crippen LogP contribution in [0.4, 0.5) is 15.8 Å². The van der Waals surface area contributed by atoms with Crippen LogP contribution in [0.2, 0.25) is 0 Å². The Hall–Kier alpha value is -2.18. The van der Waals surface area contributed by atoms with E-state index in [-0.39, 0.29) is 12.3 Å². The molecule has 0 heterocycles. The lowest BCUT2D eigenvalue weighted by atomic mass is 10.1. The van der Waals surface area contributed by atoms with Gasteiger partial charge >= 0.3 is 11.7 Å². The Kier molecular flexibility index (Phi) is 3.39. The van der Waals surface area contributed by atoms with Crippen molar-refractivity contribution >= 4 is 17.3 Å². The molecule has 0 atom stereocenters. The van der Waals surface area contributed by atoms with Gasteiger partial charge < -0.3 is 10.5 Å². The zero-order valence-corrected chi connectivity index (χ0v) is 8.40. The maximum Gasteiger partial charge on any atom is 0.341 e. The predicted molar refractivity (Wildman–Crippen MR) is 53.4 cm³/mol. The standard InChI is InChI=1S/C9H9FN2O4/c1-2-16-9(13)5-3-4-6(11)8(7(5)10)12(14)15/h3-4H,2,11H2,1H3. The topological polar surface area (TPSA) is 95.5 Å². The molecule has 1 rings (SSSR count). The number of nitrogens with two attached hydrogens (primary N) is 1. The molecule has 0 bridgehead atoms. The predicted octanol–water partition coefficient (Wildman–Crippen LogP) is 1.49. The molecule has 0 aromatic heterocycles.